The third-order valence-corrected chi connectivity index (χ3v) is 7.42. The summed E-state index contributed by atoms with van der Waals surface area (Å²) in [4.78, 5) is 12.2. The summed E-state index contributed by atoms with van der Waals surface area (Å²) in [5.74, 6) is 0.899. The average Bonchev–Trinajstić information content (AvgIpc) is 2.98. The van der Waals surface area contributed by atoms with Gasteiger partial charge in [0.25, 0.3) is 0 Å². The Hall–Kier alpha value is -0.620. The van der Waals surface area contributed by atoms with Crippen LogP contribution in [0.5, 0.6) is 0 Å². The van der Waals surface area contributed by atoms with Crippen LogP contribution in [0.3, 0.4) is 0 Å². The Morgan fingerprint density at radius 1 is 1.15 bits per heavy atom. The molecule has 0 aromatic carbocycles. The third-order valence-electron chi connectivity index (χ3n) is 5.15. The first-order chi connectivity index (χ1) is 9.56. The van der Waals surface area contributed by atoms with E-state index >= 15 is 0 Å². The second-order valence-corrected chi connectivity index (χ2v) is 8.88. The van der Waals surface area contributed by atoms with Gasteiger partial charge in [0.2, 0.25) is 5.91 Å². The molecule has 3 rings (SSSR count). The molecular weight excluding hydrogens is 276 g/mol. The number of amides is 1. The quantitative estimate of drug-likeness (QED) is 0.800. The first-order valence-corrected chi connectivity index (χ1v) is 9.53. The Labute approximate surface area is 120 Å². The molecule has 0 spiro atoms. The molecule has 4 atom stereocenters. The van der Waals surface area contributed by atoms with Crippen molar-refractivity contribution in [2.45, 2.75) is 62.3 Å². The normalized spacial score (nSPS) is 39.4. The van der Waals surface area contributed by atoms with Gasteiger partial charge in [-0.05, 0) is 38.0 Å². The van der Waals surface area contributed by atoms with Gasteiger partial charge in [-0.3, -0.25) is 4.79 Å². The summed E-state index contributed by atoms with van der Waals surface area (Å²) in [5, 5.41) is 5.91. The average molecular weight is 300 g/mol. The lowest BCUT2D eigenvalue weighted by Crippen LogP contribution is -2.45. The number of carbonyl (C=O) groups is 1. The van der Waals surface area contributed by atoms with Crippen LogP contribution >= 0.6 is 0 Å². The molecule has 1 saturated carbocycles. The third kappa shape index (κ3) is 2.86. The largest absolute Gasteiger partial charge is 0.353 e. The first-order valence-electron chi connectivity index (χ1n) is 7.81. The molecule has 5 nitrogen and oxygen atoms in total. The Balaban J connectivity index is 1.50. The lowest BCUT2D eigenvalue weighted by molar-refractivity contribution is -0.122. The van der Waals surface area contributed by atoms with E-state index in [1.54, 1.807) is 0 Å². The molecule has 3 aliphatic rings. The molecule has 2 saturated heterocycles. The van der Waals surface area contributed by atoms with E-state index in [1.807, 2.05) is 0 Å². The molecule has 1 aliphatic carbocycles. The maximum Gasteiger partial charge on any atom is 0.237 e. The molecule has 114 valence electrons. The van der Waals surface area contributed by atoms with Crippen LogP contribution in [0.15, 0.2) is 0 Å². The van der Waals surface area contributed by atoms with Crippen molar-refractivity contribution in [3.8, 4) is 0 Å². The molecule has 3 fully saturated rings. The van der Waals surface area contributed by atoms with Gasteiger partial charge in [-0.15, -0.1) is 0 Å². The Bertz CT molecular complexity index is 463. The van der Waals surface area contributed by atoms with Crippen LogP contribution in [-0.4, -0.2) is 44.0 Å². The molecule has 6 heteroatoms. The molecule has 2 heterocycles. The highest BCUT2D eigenvalue weighted by atomic mass is 32.2. The zero-order valence-corrected chi connectivity index (χ0v) is 12.6. The number of sulfone groups is 1. The number of hydrogen-bond acceptors (Lipinski definition) is 4. The van der Waals surface area contributed by atoms with E-state index in [9.17, 15) is 13.2 Å². The van der Waals surface area contributed by atoms with Crippen LogP contribution < -0.4 is 10.6 Å². The molecule has 0 aromatic rings. The number of fused-ring (bicyclic) bond motifs is 1. The van der Waals surface area contributed by atoms with Crippen molar-refractivity contribution in [2.75, 3.05) is 12.3 Å². The van der Waals surface area contributed by atoms with Crippen molar-refractivity contribution in [3.05, 3.63) is 0 Å². The van der Waals surface area contributed by atoms with Crippen LogP contribution in [0.2, 0.25) is 0 Å². The lowest BCUT2D eigenvalue weighted by Gasteiger charge is -2.24. The van der Waals surface area contributed by atoms with Gasteiger partial charge in [-0.2, -0.15) is 0 Å². The molecule has 0 bridgehead atoms. The minimum Gasteiger partial charge on any atom is -0.353 e. The highest BCUT2D eigenvalue weighted by molar-refractivity contribution is 7.92. The smallest absolute Gasteiger partial charge is 0.237 e. The molecule has 4 unspecified atom stereocenters. The van der Waals surface area contributed by atoms with Crippen molar-refractivity contribution >= 4 is 15.7 Å². The summed E-state index contributed by atoms with van der Waals surface area (Å²) >= 11 is 0. The van der Waals surface area contributed by atoms with Gasteiger partial charge in [0.1, 0.15) is 0 Å². The van der Waals surface area contributed by atoms with Crippen molar-refractivity contribution in [3.63, 3.8) is 0 Å². The lowest BCUT2D eigenvalue weighted by atomic mass is 9.85. The van der Waals surface area contributed by atoms with E-state index in [0.717, 1.165) is 12.8 Å². The fourth-order valence-corrected chi connectivity index (χ4v) is 5.71. The Morgan fingerprint density at radius 3 is 2.65 bits per heavy atom. The fourth-order valence-electron chi connectivity index (χ4n) is 3.95. The molecule has 0 aromatic heterocycles. The van der Waals surface area contributed by atoms with Gasteiger partial charge in [0.15, 0.2) is 9.84 Å². The van der Waals surface area contributed by atoms with E-state index < -0.39 is 9.84 Å². The maximum absolute atomic E-state index is 12.2. The predicted octanol–water partition coefficient (Wildman–Crippen LogP) is 0.600. The Morgan fingerprint density at radius 2 is 1.95 bits per heavy atom. The van der Waals surface area contributed by atoms with Crippen molar-refractivity contribution in [1.29, 1.82) is 0 Å². The van der Waals surface area contributed by atoms with Crippen LogP contribution in [0.25, 0.3) is 0 Å². The summed E-state index contributed by atoms with van der Waals surface area (Å²) in [5.41, 5.74) is 0. The second-order valence-electron chi connectivity index (χ2n) is 6.48. The molecule has 20 heavy (non-hydrogen) atoms. The predicted molar refractivity (Wildman–Crippen MR) is 77.1 cm³/mol. The topological polar surface area (TPSA) is 75.3 Å². The van der Waals surface area contributed by atoms with E-state index in [0.29, 0.717) is 18.4 Å². The fraction of sp³-hybridized carbons (Fsp3) is 0.929. The molecule has 1 amide bonds. The highest BCUT2D eigenvalue weighted by Crippen LogP contribution is 2.33. The maximum atomic E-state index is 12.2. The van der Waals surface area contributed by atoms with Gasteiger partial charge in [0.05, 0.1) is 17.0 Å². The zero-order valence-electron chi connectivity index (χ0n) is 11.8. The van der Waals surface area contributed by atoms with Crippen molar-refractivity contribution < 1.29 is 13.2 Å². The monoisotopic (exact) mass is 300 g/mol. The summed E-state index contributed by atoms with van der Waals surface area (Å²) in [6.45, 7) is 0.286. The van der Waals surface area contributed by atoms with Crippen LogP contribution in [0.1, 0.15) is 44.9 Å². The van der Waals surface area contributed by atoms with E-state index in [-0.39, 0.29) is 29.5 Å². The van der Waals surface area contributed by atoms with Gasteiger partial charge in [-0.25, -0.2) is 8.42 Å². The van der Waals surface area contributed by atoms with Gasteiger partial charge < -0.3 is 10.6 Å². The van der Waals surface area contributed by atoms with Crippen LogP contribution in [-0.2, 0) is 14.6 Å². The summed E-state index contributed by atoms with van der Waals surface area (Å²) < 4.78 is 23.5. The second kappa shape index (κ2) is 5.64. The highest BCUT2D eigenvalue weighted by Gasteiger charge is 2.39. The molecule has 0 radical (unpaired) electrons. The van der Waals surface area contributed by atoms with Crippen LogP contribution in [0.4, 0.5) is 0 Å². The van der Waals surface area contributed by atoms with E-state index in [1.165, 1.54) is 25.7 Å². The van der Waals surface area contributed by atoms with Gasteiger partial charge in [0, 0.05) is 12.6 Å². The van der Waals surface area contributed by atoms with E-state index in [2.05, 4.69) is 10.6 Å². The van der Waals surface area contributed by atoms with Crippen molar-refractivity contribution in [2.24, 2.45) is 5.92 Å². The standard InChI is InChI=1S/C14H24N2O3S/c17-14(15-9-11-5-3-7-20(11,18)19)13-8-10-4-1-2-6-12(10)16-13/h10-13,16H,1-9H2,(H,15,17). The minimum absolute atomic E-state index is 0.0125. The number of carbonyl (C=O) groups excluding carboxylic acids is 1. The molecule has 2 N–H and O–H groups in total. The SMILES string of the molecule is O=C(NCC1CCCS1(=O)=O)C1CC2CCCCC2N1. The minimum atomic E-state index is -2.96. The van der Waals surface area contributed by atoms with Crippen LogP contribution in [0, 0.1) is 5.92 Å². The summed E-state index contributed by atoms with van der Waals surface area (Å²) in [6, 6.07) is 0.377. The summed E-state index contributed by atoms with van der Waals surface area (Å²) in [7, 11) is -2.96. The van der Waals surface area contributed by atoms with Crippen molar-refractivity contribution in [1.82, 2.24) is 10.6 Å². The first kappa shape index (κ1) is 14.3. The zero-order chi connectivity index (χ0) is 14.2. The molecule has 2 aliphatic heterocycles. The van der Waals surface area contributed by atoms with Gasteiger partial charge >= 0.3 is 0 Å². The molecular formula is C14H24N2O3S. The summed E-state index contributed by atoms with van der Waals surface area (Å²) in [6.07, 6.45) is 7.25. The number of nitrogens with one attached hydrogen (secondary N) is 2. The Kier molecular flexibility index (Phi) is 4.04. The van der Waals surface area contributed by atoms with E-state index in [4.69, 9.17) is 0 Å². The number of hydrogen-bond donors (Lipinski definition) is 2. The van der Waals surface area contributed by atoms with Gasteiger partial charge in [-0.1, -0.05) is 12.8 Å². The number of rotatable bonds is 3.